The quantitative estimate of drug-likeness (QED) is 0.621. The van der Waals surface area contributed by atoms with E-state index in [1.807, 2.05) is 24.0 Å². The first-order chi connectivity index (χ1) is 14.7. The van der Waals surface area contributed by atoms with Crippen LogP contribution in [0.1, 0.15) is 62.9 Å². The van der Waals surface area contributed by atoms with Gasteiger partial charge in [-0.05, 0) is 78.1 Å². The molecule has 2 aliphatic rings. The zero-order valence-electron chi connectivity index (χ0n) is 20.2. The lowest BCUT2D eigenvalue weighted by molar-refractivity contribution is -0.132. The molecule has 1 atom stereocenters. The molecule has 0 aromatic heterocycles. The highest BCUT2D eigenvalue weighted by molar-refractivity contribution is 6.05. The van der Waals surface area contributed by atoms with E-state index in [0.29, 0.717) is 36.6 Å². The van der Waals surface area contributed by atoms with Gasteiger partial charge in [0.05, 0.1) is 5.69 Å². The lowest BCUT2D eigenvalue weighted by Gasteiger charge is -2.40. The number of carbonyl (C=O) groups is 2. The number of carbonyl (C=O) groups excluding carboxylic acids is 2. The van der Waals surface area contributed by atoms with Gasteiger partial charge in [-0.2, -0.15) is 0 Å². The summed E-state index contributed by atoms with van der Waals surface area (Å²) in [6.07, 6.45) is 2.77. The molecule has 2 aliphatic heterocycles. The van der Waals surface area contributed by atoms with Crippen molar-refractivity contribution in [1.82, 2.24) is 10.2 Å². The summed E-state index contributed by atoms with van der Waals surface area (Å²) in [6.45, 7) is 12.5. The molecule has 2 amide bonds. The van der Waals surface area contributed by atoms with Gasteiger partial charge >= 0.3 is 0 Å². The molecule has 32 heavy (non-hydrogen) atoms. The Morgan fingerprint density at radius 3 is 2.69 bits per heavy atom. The van der Waals surface area contributed by atoms with Gasteiger partial charge in [-0.3, -0.25) is 9.59 Å². The van der Waals surface area contributed by atoms with Gasteiger partial charge in [-0.25, -0.2) is 0 Å². The first-order valence-corrected chi connectivity index (χ1v) is 11.3. The number of amides is 2. The minimum absolute atomic E-state index is 0. The number of halogens is 1. The van der Waals surface area contributed by atoms with Crippen molar-refractivity contribution in [3.63, 3.8) is 0 Å². The Labute approximate surface area is 198 Å². The minimum atomic E-state index is -0.949. The summed E-state index contributed by atoms with van der Waals surface area (Å²) in [4.78, 5) is 30.6. The highest BCUT2D eigenvalue weighted by Crippen LogP contribution is 2.40. The lowest BCUT2D eigenvalue weighted by atomic mass is 9.97. The van der Waals surface area contributed by atoms with Crippen molar-refractivity contribution in [1.29, 1.82) is 0 Å². The Kier molecular flexibility index (Phi) is 8.97. The van der Waals surface area contributed by atoms with Gasteiger partial charge in [0, 0.05) is 44.5 Å². The standard InChI is InChI=1S/C24H37N3O4.ClH/c1-16(2)27(18-9-7-10-25-15-18)22(28)19-14-20-21(13-17(19)3)31-24(4,5)23(29)26(20)11-8-12-30-6;/h13-14,16,18,25H,7-12,15H2,1-6H3;1H/t18-;/m1./s1. The molecule has 1 saturated heterocycles. The summed E-state index contributed by atoms with van der Waals surface area (Å²) < 4.78 is 11.2. The highest BCUT2D eigenvalue weighted by Gasteiger charge is 2.41. The van der Waals surface area contributed by atoms with Crippen LogP contribution in [0.25, 0.3) is 0 Å². The summed E-state index contributed by atoms with van der Waals surface area (Å²) in [7, 11) is 1.65. The van der Waals surface area contributed by atoms with E-state index in [9.17, 15) is 9.59 Å². The molecule has 1 fully saturated rings. The van der Waals surface area contributed by atoms with E-state index in [0.717, 1.165) is 31.5 Å². The molecule has 0 radical (unpaired) electrons. The fourth-order valence-corrected chi connectivity index (χ4v) is 4.57. The van der Waals surface area contributed by atoms with E-state index in [1.54, 1.807) is 25.9 Å². The average Bonchev–Trinajstić information content (AvgIpc) is 2.71. The topological polar surface area (TPSA) is 71.1 Å². The van der Waals surface area contributed by atoms with E-state index in [1.165, 1.54) is 0 Å². The van der Waals surface area contributed by atoms with Crippen LogP contribution in [-0.2, 0) is 9.53 Å². The fourth-order valence-electron chi connectivity index (χ4n) is 4.57. The molecule has 1 N–H and O–H groups in total. The number of aryl methyl sites for hydroxylation is 1. The molecule has 7 nitrogen and oxygen atoms in total. The molecule has 8 heteroatoms. The number of rotatable bonds is 7. The highest BCUT2D eigenvalue weighted by atomic mass is 35.5. The summed E-state index contributed by atoms with van der Waals surface area (Å²) in [5, 5.41) is 3.41. The van der Waals surface area contributed by atoms with Crippen molar-refractivity contribution in [2.75, 3.05) is 38.3 Å². The third kappa shape index (κ3) is 5.38. The first kappa shape index (κ1) is 26.4. The molecule has 2 heterocycles. The van der Waals surface area contributed by atoms with Crippen LogP contribution in [0.4, 0.5) is 5.69 Å². The number of anilines is 1. The number of methoxy groups -OCH3 is 1. The van der Waals surface area contributed by atoms with Crippen molar-refractivity contribution in [3.8, 4) is 5.75 Å². The monoisotopic (exact) mass is 467 g/mol. The zero-order chi connectivity index (χ0) is 22.8. The van der Waals surface area contributed by atoms with Crippen molar-refractivity contribution >= 4 is 29.9 Å². The van der Waals surface area contributed by atoms with Gasteiger partial charge in [0.25, 0.3) is 11.8 Å². The third-order valence-corrected chi connectivity index (χ3v) is 6.14. The van der Waals surface area contributed by atoms with E-state index >= 15 is 0 Å². The zero-order valence-corrected chi connectivity index (χ0v) is 21.0. The number of piperidine rings is 1. The summed E-state index contributed by atoms with van der Waals surface area (Å²) >= 11 is 0. The molecule has 0 aliphatic carbocycles. The van der Waals surface area contributed by atoms with Crippen LogP contribution in [0.2, 0.25) is 0 Å². The molecule has 1 aromatic carbocycles. The van der Waals surface area contributed by atoms with Crippen LogP contribution in [0.5, 0.6) is 5.75 Å². The third-order valence-electron chi connectivity index (χ3n) is 6.14. The maximum atomic E-state index is 13.7. The molecule has 180 valence electrons. The van der Waals surface area contributed by atoms with E-state index in [4.69, 9.17) is 9.47 Å². The van der Waals surface area contributed by atoms with Crippen LogP contribution in [0.3, 0.4) is 0 Å². The summed E-state index contributed by atoms with van der Waals surface area (Å²) in [6, 6.07) is 4.00. The maximum absolute atomic E-state index is 13.7. The molecule has 0 unspecified atom stereocenters. The number of ether oxygens (including phenoxy) is 2. The second-order valence-corrected chi connectivity index (χ2v) is 9.36. The molecule has 1 aromatic rings. The molecule has 0 saturated carbocycles. The van der Waals surface area contributed by atoms with Gasteiger partial charge in [0.2, 0.25) is 0 Å². The second kappa shape index (κ2) is 10.9. The molecular weight excluding hydrogens is 430 g/mol. The van der Waals surface area contributed by atoms with Crippen molar-refractivity contribution in [3.05, 3.63) is 23.3 Å². The van der Waals surface area contributed by atoms with Gasteiger partial charge in [-0.15, -0.1) is 12.4 Å². The number of nitrogens with zero attached hydrogens (tertiary/aromatic N) is 2. The van der Waals surface area contributed by atoms with Gasteiger partial charge in [0.15, 0.2) is 5.60 Å². The number of benzene rings is 1. The van der Waals surface area contributed by atoms with Crippen LogP contribution in [0, 0.1) is 6.92 Å². The second-order valence-electron chi connectivity index (χ2n) is 9.36. The van der Waals surface area contributed by atoms with Crippen molar-refractivity contribution in [2.24, 2.45) is 0 Å². The van der Waals surface area contributed by atoms with E-state index < -0.39 is 5.60 Å². The predicted octanol–water partition coefficient (Wildman–Crippen LogP) is 3.56. The van der Waals surface area contributed by atoms with Crippen LogP contribution in [-0.4, -0.2) is 67.7 Å². The smallest absolute Gasteiger partial charge is 0.270 e. The number of fused-ring (bicyclic) bond motifs is 1. The van der Waals surface area contributed by atoms with Crippen LogP contribution in [0.15, 0.2) is 12.1 Å². The molecular formula is C24H38ClN3O4. The normalized spacial score (nSPS) is 19.8. The fraction of sp³-hybridized carbons (Fsp3) is 0.667. The summed E-state index contributed by atoms with van der Waals surface area (Å²) in [5.41, 5.74) is 1.21. The van der Waals surface area contributed by atoms with Crippen LogP contribution < -0.4 is 15.0 Å². The van der Waals surface area contributed by atoms with Crippen molar-refractivity contribution < 1.29 is 19.1 Å². The Bertz CT molecular complexity index is 822. The largest absolute Gasteiger partial charge is 0.476 e. The maximum Gasteiger partial charge on any atom is 0.270 e. The number of nitrogens with one attached hydrogen (secondary N) is 1. The molecule has 0 spiro atoms. The van der Waals surface area contributed by atoms with Gasteiger partial charge in [0.1, 0.15) is 5.75 Å². The van der Waals surface area contributed by atoms with Crippen molar-refractivity contribution in [2.45, 2.75) is 71.6 Å². The van der Waals surface area contributed by atoms with Gasteiger partial charge < -0.3 is 24.6 Å². The SMILES string of the molecule is COCCCN1C(=O)C(C)(C)Oc2cc(C)c(C(=O)N(C(C)C)[C@@H]3CCCNC3)cc21.Cl. The van der Waals surface area contributed by atoms with E-state index in [2.05, 4.69) is 19.2 Å². The predicted molar refractivity (Wildman–Crippen MR) is 129 cm³/mol. The number of hydrogen-bond acceptors (Lipinski definition) is 5. The van der Waals surface area contributed by atoms with Gasteiger partial charge in [-0.1, -0.05) is 0 Å². The minimum Gasteiger partial charge on any atom is -0.476 e. The lowest BCUT2D eigenvalue weighted by Crippen LogP contribution is -2.53. The van der Waals surface area contributed by atoms with E-state index in [-0.39, 0.29) is 36.3 Å². The molecule has 3 rings (SSSR count). The summed E-state index contributed by atoms with van der Waals surface area (Å²) in [5.74, 6) is 0.556. The van der Waals surface area contributed by atoms with Crippen LogP contribution >= 0.6 is 12.4 Å². The Balaban J connectivity index is 0.00000363. The Morgan fingerprint density at radius 1 is 1.38 bits per heavy atom. The Hall–Kier alpha value is -1.83. The first-order valence-electron chi connectivity index (χ1n) is 11.3. The number of hydrogen-bond donors (Lipinski definition) is 1. The average molecular weight is 468 g/mol. The molecule has 0 bridgehead atoms. The Morgan fingerprint density at radius 2 is 2.09 bits per heavy atom.